The fourth-order valence-corrected chi connectivity index (χ4v) is 2.71. The quantitative estimate of drug-likeness (QED) is 0.839. The van der Waals surface area contributed by atoms with Gasteiger partial charge >= 0.3 is 0 Å². The summed E-state index contributed by atoms with van der Waals surface area (Å²) < 4.78 is 12.9. The largest absolute Gasteiger partial charge is 0.394 e. The van der Waals surface area contributed by atoms with Crippen LogP contribution in [0.15, 0.2) is 24.3 Å². The Labute approximate surface area is 125 Å². The van der Waals surface area contributed by atoms with Crippen LogP contribution in [0.5, 0.6) is 0 Å². The van der Waals surface area contributed by atoms with E-state index in [4.69, 9.17) is 0 Å². The van der Waals surface area contributed by atoms with Gasteiger partial charge in [0.25, 0.3) is 0 Å². The first-order chi connectivity index (χ1) is 10.1. The van der Waals surface area contributed by atoms with E-state index >= 15 is 0 Å². The Hall–Kier alpha value is -1.46. The molecular weight excluding hydrogens is 271 g/mol. The minimum atomic E-state index is -0.247. The van der Waals surface area contributed by atoms with Gasteiger partial charge in [0.05, 0.1) is 18.7 Å². The smallest absolute Gasteiger partial charge is 0.237 e. The van der Waals surface area contributed by atoms with Crippen LogP contribution in [0.2, 0.25) is 0 Å². The van der Waals surface area contributed by atoms with Crippen molar-refractivity contribution in [1.82, 2.24) is 10.2 Å². The third-order valence-electron chi connectivity index (χ3n) is 4.02. The molecule has 1 aromatic carbocycles. The molecule has 1 aliphatic heterocycles. The second-order valence-electron chi connectivity index (χ2n) is 5.55. The SMILES string of the molecule is CCC(CO)NC(=O)C1CCCN1Cc1ccc(F)cc1. The number of hydrogen-bond acceptors (Lipinski definition) is 3. The van der Waals surface area contributed by atoms with E-state index in [0.717, 1.165) is 24.9 Å². The summed E-state index contributed by atoms with van der Waals surface area (Å²) in [4.78, 5) is 14.4. The van der Waals surface area contributed by atoms with Gasteiger partial charge < -0.3 is 10.4 Å². The maximum absolute atomic E-state index is 12.9. The Morgan fingerprint density at radius 3 is 2.81 bits per heavy atom. The molecule has 1 amide bonds. The van der Waals surface area contributed by atoms with Crippen molar-refractivity contribution in [2.24, 2.45) is 0 Å². The summed E-state index contributed by atoms with van der Waals surface area (Å²) in [6, 6.07) is 6.07. The van der Waals surface area contributed by atoms with Crippen molar-refractivity contribution in [3.63, 3.8) is 0 Å². The fourth-order valence-electron chi connectivity index (χ4n) is 2.71. The van der Waals surface area contributed by atoms with Crippen LogP contribution in [0.1, 0.15) is 31.7 Å². The molecule has 2 unspecified atom stereocenters. The highest BCUT2D eigenvalue weighted by molar-refractivity contribution is 5.82. The predicted molar refractivity (Wildman–Crippen MR) is 79.1 cm³/mol. The van der Waals surface area contributed by atoms with Crippen LogP contribution in [0.25, 0.3) is 0 Å². The van der Waals surface area contributed by atoms with Gasteiger partial charge in [0.1, 0.15) is 5.82 Å². The summed E-state index contributed by atoms with van der Waals surface area (Å²) in [5, 5.41) is 12.1. The van der Waals surface area contributed by atoms with Gasteiger partial charge in [-0.15, -0.1) is 0 Å². The Balaban J connectivity index is 1.96. The van der Waals surface area contributed by atoms with E-state index in [9.17, 15) is 14.3 Å². The van der Waals surface area contributed by atoms with Crippen LogP contribution in [-0.4, -0.2) is 41.1 Å². The van der Waals surface area contributed by atoms with Crippen molar-refractivity contribution in [2.75, 3.05) is 13.2 Å². The fraction of sp³-hybridized carbons (Fsp3) is 0.562. The molecule has 0 aliphatic carbocycles. The molecule has 2 atom stereocenters. The highest BCUT2D eigenvalue weighted by Crippen LogP contribution is 2.20. The third kappa shape index (κ3) is 4.25. The average molecular weight is 294 g/mol. The molecule has 0 spiro atoms. The summed E-state index contributed by atoms with van der Waals surface area (Å²) in [6.45, 7) is 3.42. The molecule has 0 bridgehead atoms. The Kier molecular flexibility index (Phi) is 5.70. The standard InChI is InChI=1S/C16H23FN2O2/c1-2-14(11-20)18-16(21)15-4-3-9-19(15)10-12-5-7-13(17)8-6-12/h5-8,14-15,20H,2-4,9-11H2,1H3,(H,18,21). The number of carbonyl (C=O) groups excluding carboxylic acids is 1. The van der Waals surface area contributed by atoms with Gasteiger partial charge in [-0.2, -0.15) is 0 Å². The van der Waals surface area contributed by atoms with Crippen LogP contribution in [0.4, 0.5) is 4.39 Å². The first kappa shape index (κ1) is 15.9. The number of aliphatic hydroxyl groups excluding tert-OH is 1. The van der Waals surface area contributed by atoms with E-state index in [1.165, 1.54) is 12.1 Å². The lowest BCUT2D eigenvalue weighted by molar-refractivity contribution is -0.126. The van der Waals surface area contributed by atoms with E-state index in [2.05, 4.69) is 10.2 Å². The van der Waals surface area contributed by atoms with Crippen molar-refractivity contribution in [2.45, 2.75) is 44.8 Å². The minimum absolute atomic E-state index is 0.0180. The Morgan fingerprint density at radius 2 is 2.19 bits per heavy atom. The summed E-state index contributed by atoms with van der Waals surface area (Å²) in [5.74, 6) is -0.265. The molecule has 0 radical (unpaired) electrons. The van der Waals surface area contributed by atoms with Crippen LogP contribution in [0, 0.1) is 5.82 Å². The van der Waals surface area contributed by atoms with Crippen LogP contribution < -0.4 is 5.32 Å². The molecule has 116 valence electrons. The third-order valence-corrected chi connectivity index (χ3v) is 4.02. The molecule has 0 aromatic heterocycles. The number of nitrogens with one attached hydrogen (secondary N) is 1. The highest BCUT2D eigenvalue weighted by Gasteiger charge is 2.31. The first-order valence-corrected chi connectivity index (χ1v) is 7.53. The van der Waals surface area contributed by atoms with E-state index in [0.29, 0.717) is 13.0 Å². The monoisotopic (exact) mass is 294 g/mol. The van der Waals surface area contributed by atoms with Crippen molar-refractivity contribution < 1.29 is 14.3 Å². The van der Waals surface area contributed by atoms with E-state index in [-0.39, 0.29) is 30.4 Å². The first-order valence-electron chi connectivity index (χ1n) is 7.53. The second kappa shape index (κ2) is 7.52. The average Bonchev–Trinajstić information content (AvgIpc) is 2.95. The number of carbonyl (C=O) groups is 1. The molecule has 1 heterocycles. The summed E-state index contributed by atoms with van der Waals surface area (Å²) in [6.07, 6.45) is 2.52. The molecule has 1 saturated heterocycles. The minimum Gasteiger partial charge on any atom is -0.394 e. The van der Waals surface area contributed by atoms with Crippen molar-refractivity contribution in [3.05, 3.63) is 35.6 Å². The Bertz CT molecular complexity index is 460. The number of amides is 1. The van der Waals surface area contributed by atoms with E-state index < -0.39 is 0 Å². The zero-order valence-corrected chi connectivity index (χ0v) is 12.4. The summed E-state index contributed by atoms with van der Waals surface area (Å²) in [7, 11) is 0. The van der Waals surface area contributed by atoms with Crippen LogP contribution in [0.3, 0.4) is 0 Å². The van der Waals surface area contributed by atoms with E-state index in [1.54, 1.807) is 12.1 Å². The number of rotatable bonds is 6. The molecule has 21 heavy (non-hydrogen) atoms. The highest BCUT2D eigenvalue weighted by atomic mass is 19.1. The molecule has 5 heteroatoms. The molecule has 0 saturated carbocycles. The van der Waals surface area contributed by atoms with Gasteiger partial charge in [-0.1, -0.05) is 19.1 Å². The van der Waals surface area contributed by atoms with Gasteiger partial charge in [0.15, 0.2) is 0 Å². The van der Waals surface area contributed by atoms with Crippen molar-refractivity contribution in [1.29, 1.82) is 0 Å². The van der Waals surface area contributed by atoms with Crippen molar-refractivity contribution >= 4 is 5.91 Å². The maximum Gasteiger partial charge on any atom is 0.237 e. The number of hydrogen-bond donors (Lipinski definition) is 2. The van der Waals surface area contributed by atoms with Crippen LogP contribution >= 0.6 is 0 Å². The maximum atomic E-state index is 12.9. The zero-order chi connectivity index (χ0) is 15.2. The summed E-state index contributed by atoms with van der Waals surface area (Å²) in [5.41, 5.74) is 1.00. The number of nitrogens with zero attached hydrogens (tertiary/aromatic N) is 1. The van der Waals surface area contributed by atoms with Crippen LogP contribution in [-0.2, 0) is 11.3 Å². The second-order valence-corrected chi connectivity index (χ2v) is 5.55. The topological polar surface area (TPSA) is 52.6 Å². The van der Waals surface area contributed by atoms with Crippen molar-refractivity contribution in [3.8, 4) is 0 Å². The molecule has 1 aromatic rings. The molecule has 1 fully saturated rings. The lowest BCUT2D eigenvalue weighted by Gasteiger charge is -2.25. The predicted octanol–water partition coefficient (Wildman–Crippen LogP) is 1.68. The molecule has 4 nitrogen and oxygen atoms in total. The Morgan fingerprint density at radius 1 is 1.48 bits per heavy atom. The van der Waals surface area contributed by atoms with Gasteiger partial charge in [-0.05, 0) is 43.5 Å². The number of likely N-dealkylation sites (tertiary alicyclic amines) is 1. The van der Waals surface area contributed by atoms with Gasteiger partial charge in [-0.3, -0.25) is 9.69 Å². The summed E-state index contributed by atoms with van der Waals surface area (Å²) >= 11 is 0. The molecular formula is C16H23FN2O2. The zero-order valence-electron chi connectivity index (χ0n) is 12.4. The number of aliphatic hydroxyl groups is 1. The van der Waals surface area contributed by atoms with Gasteiger partial charge in [-0.25, -0.2) is 4.39 Å². The molecule has 2 rings (SSSR count). The lowest BCUT2D eigenvalue weighted by atomic mass is 10.1. The number of halogens is 1. The molecule has 2 N–H and O–H groups in total. The number of benzene rings is 1. The molecule has 1 aliphatic rings. The van der Waals surface area contributed by atoms with Gasteiger partial charge in [0.2, 0.25) is 5.91 Å². The van der Waals surface area contributed by atoms with Gasteiger partial charge in [0, 0.05) is 6.54 Å². The van der Waals surface area contributed by atoms with E-state index in [1.807, 2.05) is 6.92 Å². The normalized spacial score (nSPS) is 20.4. The lowest BCUT2D eigenvalue weighted by Crippen LogP contribution is -2.47.